The first kappa shape index (κ1) is 26.4. The fourth-order valence-corrected chi connectivity index (χ4v) is 4.84. The summed E-state index contributed by atoms with van der Waals surface area (Å²) in [6, 6.07) is 31.1. The summed E-state index contributed by atoms with van der Waals surface area (Å²) in [5, 5.41) is 0. The number of benzene rings is 4. The summed E-state index contributed by atoms with van der Waals surface area (Å²) in [5.41, 5.74) is 1.24. The van der Waals surface area contributed by atoms with Crippen LogP contribution in [-0.4, -0.2) is 16.8 Å². The van der Waals surface area contributed by atoms with E-state index in [1.165, 1.54) is 24.3 Å². The monoisotopic (exact) mass is 571 g/mol. The van der Waals surface area contributed by atoms with Crippen LogP contribution in [0, 0.1) is 12.1 Å². The van der Waals surface area contributed by atoms with E-state index in [1.54, 1.807) is 48.5 Å². The minimum Gasteiger partial charge on any atom is -0.189 e. The summed E-state index contributed by atoms with van der Waals surface area (Å²) in [7, 11) is -9.81. The molecule has 0 aliphatic carbocycles. The summed E-state index contributed by atoms with van der Waals surface area (Å²) in [6.07, 6.45) is 0. The van der Waals surface area contributed by atoms with Gasteiger partial charge in [0.2, 0.25) is 0 Å². The van der Waals surface area contributed by atoms with Gasteiger partial charge in [-0.05, 0) is 35.4 Å². The Bertz CT molecular complexity index is 1360. The van der Waals surface area contributed by atoms with Crippen molar-refractivity contribution in [2.75, 3.05) is 0 Å². The Balaban J connectivity index is 0.00000324. The molecule has 4 rings (SSSR count). The van der Waals surface area contributed by atoms with Gasteiger partial charge in [-0.1, -0.05) is 24.3 Å². The van der Waals surface area contributed by atoms with E-state index in [1.807, 2.05) is 0 Å². The second-order valence-electron chi connectivity index (χ2n) is 7.23. The second kappa shape index (κ2) is 10.2. The molecule has 0 aliphatic rings. The maximum absolute atomic E-state index is 13.5. The molecule has 4 aromatic rings. The molecule has 0 saturated heterocycles. The second-order valence-corrected chi connectivity index (χ2v) is 9.92. The van der Waals surface area contributed by atoms with Crippen molar-refractivity contribution in [3.8, 4) is 0 Å². The van der Waals surface area contributed by atoms with Gasteiger partial charge in [-0.25, -0.2) is 0 Å². The third kappa shape index (κ3) is 5.05. The van der Waals surface area contributed by atoms with Crippen LogP contribution in [0.15, 0.2) is 107 Å². The molecule has 9 heteroatoms. The van der Waals surface area contributed by atoms with E-state index in [4.69, 9.17) is 0 Å². The fraction of sp³-hybridized carbons (Fsp3) is 0.0400. The number of rotatable bonds is 6. The largest absolute Gasteiger partial charge is 0.332 e. The molecule has 0 aliphatic heterocycles. The predicted molar refractivity (Wildman–Crippen MR) is 119 cm³/mol. The fourth-order valence-electron chi connectivity index (χ4n) is 3.92. The summed E-state index contributed by atoms with van der Waals surface area (Å²) < 4.78 is 72.5. The van der Waals surface area contributed by atoms with Gasteiger partial charge in [-0.2, -0.15) is 77.5 Å². The molecule has 0 bridgehead atoms. The molecule has 4 nitrogen and oxygen atoms in total. The minimum absolute atomic E-state index is 0. The standard InChI is InChI=1S/C25H16F2O4S2.Y/c26-32(28,29)23-15-11-21(12-16-23)25(19-7-3-1-4-8-19,20-9-5-2-6-10-20)22-13-17-24(18-14-22)33(27,30)31;/h1-7,9,11-18H;/q-2;. The molecule has 0 aromatic heterocycles. The van der Waals surface area contributed by atoms with Crippen LogP contribution in [-0.2, 0) is 58.6 Å². The van der Waals surface area contributed by atoms with Crippen molar-refractivity contribution in [2.45, 2.75) is 15.2 Å². The third-order valence-corrected chi connectivity index (χ3v) is 7.03. The van der Waals surface area contributed by atoms with Gasteiger partial charge in [0.15, 0.2) is 0 Å². The molecule has 0 N–H and O–H groups in total. The maximum atomic E-state index is 13.5. The minimum atomic E-state index is -4.90. The number of hydrogen-bond donors (Lipinski definition) is 0. The molecule has 0 spiro atoms. The number of hydrogen-bond acceptors (Lipinski definition) is 4. The normalized spacial score (nSPS) is 12.1. The first-order valence-corrected chi connectivity index (χ1v) is 12.4. The van der Waals surface area contributed by atoms with E-state index in [9.17, 15) is 24.6 Å². The maximum Gasteiger partial charge on any atom is 0.332 e. The van der Waals surface area contributed by atoms with Crippen LogP contribution in [0.25, 0.3) is 0 Å². The average Bonchev–Trinajstić information content (AvgIpc) is 2.81. The van der Waals surface area contributed by atoms with E-state index < -0.39 is 35.7 Å². The molecule has 34 heavy (non-hydrogen) atoms. The molecule has 0 fully saturated rings. The molecule has 0 unspecified atom stereocenters. The molecule has 0 amide bonds. The summed E-state index contributed by atoms with van der Waals surface area (Å²) in [5.74, 6) is 0. The SMILES string of the molecule is O=S(=O)(F)c1ccc(C(c2[c-]cccc2)(c2[c-]cccc2)c2ccc(S(=O)(=O)F)cc2)cc1.[Y]. The van der Waals surface area contributed by atoms with Gasteiger partial charge in [0.05, 0.1) is 9.79 Å². The first-order valence-electron chi connectivity index (χ1n) is 9.68. The van der Waals surface area contributed by atoms with Gasteiger partial charge in [0.1, 0.15) is 0 Å². The van der Waals surface area contributed by atoms with Crippen molar-refractivity contribution in [3.05, 3.63) is 131 Å². The van der Waals surface area contributed by atoms with Crippen LogP contribution >= 0.6 is 0 Å². The first-order chi connectivity index (χ1) is 15.6. The van der Waals surface area contributed by atoms with E-state index in [0.29, 0.717) is 22.3 Å². The molecule has 4 aromatic carbocycles. The molecule has 0 atom stereocenters. The number of halogens is 2. The molecule has 0 saturated carbocycles. The smallest absolute Gasteiger partial charge is 0.189 e. The zero-order valence-electron chi connectivity index (χ0n) is 17.5. The van der Waals surface area contributed by atoms with Gasteiger partial charge in [0.25, 0.3) is 0 Å². The Morgan fingerprint density at radius 2 is 0.912 bits per heavy atom. The summed E-state index contributed by atoms with van der Waals surface area (Å²) in [6.45, 7) is 0. The quantitative estimate of drug-likeness (QED) is 0.186. The van der Waals surface area contributed by atoms with Crippen LogP contribution in [0.5, 0.6) is 0 Å². The van der Waals surface area contributed by atoms with Gasteiger partial charge in [-0.15, -0.1) is 18.9 Å². The Kier molecular flexibility index (Phi) is 7.87. The van der Waals surface area contributed by atoms with E-state index in [2.05, 4.69) is 12.1 Å². The van der Waals surface area contributed by atoms with Gasteiger partial charge in [0, 0.05) is 38.1 Å². The average molecular weight is 571 g/mol. The van der Waals surface area contributed by atoms with Crippen molar-refractivity contribution in [1.29, 1.82) is 0 Å². The Hall–Kier alpha value is -2.26. The van der Waals surface area contributed by atoms with E-state index in [0.717, 1.165) is 24.3 Å². The van der Waals surface area contributed by atoms with Crippen molar-refractivity contribution in [3.63, 3.8) is 0 Å². The molecule has 1 radical (unpaired) electrons. The summed E-state index contributed by atoms with van der Waals surface area (Å²) in [4.78, 5) is -0.985. The van der Waals surface area contributed by atoms with Gasteiger partial charge >= 0.3 is 20.4 Å². The van der Waals surface area contributed by atoms with Crippen molar-refractivity contribution in [1.82, 2.24) is 0 Å². The molecule has 0 heterocycles. The Labute approximate surface area is 223 Å². The van der Waals surface area contributed by atoms with Crippen LogP contribution in [0.3, 0.4) is 0 Å². The Morgan fingerprint density at radius 1 is 0.559 bits per heavy atom. The molecular weight excluding hydrogens is 555 g/mol. The van der Waals surface area contributed by atoms with Crippen LogP contribution in [0.1, 0.15) is 22.3 Å². The van der Waals surface area contributed by atoms with Crippen molar-refractivity contribution in [2.24, 2.45) is 0 Å². The topological polar surface area (TPSA) is 68.3 Å². The predicted octanol–water partition coefficient (Wildman–Crippen LogP) is 4.98. The van der Waals surface area contributed by atoms with Gasteiger partial charge in [-0.3, -0.25) is 0 Å². The third-order valence-electron chi connectivity index (χ3n) is 5.36. The van der Waals surface area contributed by atoms with E-state index in [-0.39, 0.29) is 32.7 Å². The van der Waals surface area contributed by atoms with Crippen LogP contribution in [0.4, 0.5) is 7.77 Å². The molecule has 171 valence electrons. The van der Waals surface area contributed by atoms with Crippen molar-refractivity contribution < 1.29 is 57.3 Å². The van der Waals surface area contributed by atoms with Crippen LogP contribution < -0.4 is 0 Å². The molecular formula is C25H16F2O4S2Y-2. The van der Waals surface area contributed by atoms with Gasteiger partial charge < -0.3 is 0 Å². The van der Waals surface area contributed by atoms with E-state index >= 15 is 0 Å². The Morgan fingerprint density at radius 3 is 1.18 bits per heavy atom. The zero-order valence-corrected chi connectivity index (χ0v) is 22.0. The van der Waals surface area contributed by atoms with Crippen molar-refractivity contribution >= 4 is 20.4 Å². The zero-order chi connectivity index (χ0) is 23.7. The van der Waals surface area contributed by atoms with Crippen LogP contribution in [0.2, 0.25) is 0 Å². The summed E-state index contributed by atoms with van der Waals surface area (Å²) >= 11 is 0.